The number of carbonyl (C=O) groups is 1. The fraction of sp³-hybridized carbons (Fsp3) is 0.350. The minimum Gasteiger partial charge on any atom is -0.396 e. The summed E-state index contributed by atoms with van der Waals surface area (Å²) in [5.74, 6) is 0.321. The van der Waals surface area contributed by atoms with Crippen LogP contribution >= 0.6 is 0 Å². The van der Waals surface area contributed by atoms with Gasteiger partial charge >= 0.3 is 6.03 Å². The number of hydrogen-bond acceptors (Lipinski definition) is 2. The molecule has 0 radical (unpaired) electrons. The Kier molecular flexibility index (Phi) is 7.30. The number of benzene rings is 2. The highest BCUT2D eigenvalue weighted by molar-refractivity contribution is 5.73. The lowest BCUT2D eigenvalue weighted by molar-refractivity contribution is 0.222. The highest BCUT2D eigenvalue weighted by atomic mass is 16.3. The van der Waals surface area contributed by atoms with Crippen LogP contribution in [0.5, 0.6) is 0 Å². The number of aliphatic hydroxyl groups excluding tert-OH is 1. The third kappa shape index (κ3) is 5.70. The number of rotatable bonds is 8. The van der Waals surface area contributed by atoms with Gasteiger partial charge in [0, 0.05) is 25.6 Å². The Morgan fingerprint density at radius 2 is 1.50 bits per heavy atom. The van der Waals surface area contributed by atoms with Gasteiger partial charge in [-0.15, -0.1) is 0 Å². The predicted molar refractivity (Wildman–Crippen MR) is 97.0 cm³/mol. The fourth-order valence-corrected chi connectivity index (χ4v) is 2.62. The zero-order valence-electron chi connectivity index (χ0n) is 14.1. The van der Waals surface area contributed by atoms with Crippen molar-refractivity contribution in [3.63, 3.8) is 0 Å². The lowest BCUT2D eigenvalue weighted by atomic mass is 9.88. The van der Waals surface area contributed by atoms with Gasteiger partial charge in [0.05, 0.1) is 0 Å². The van der Waals surface area contributed by atoms with Crippen molar-refractivity contribution in [1.82, 2.24) is 10.6 Å². The van der Waals surface area contributed by atoms with E-state index in [-0.39, 0.29) is 24.5 Å². The number of nitrogens with one attached hydrogen (secondary N) is 2. The van der Waals surface area contributed by atoms with Crippen LogP contribution in [-0.4, -0.2) is 30.8 Å². The van der Waals surface area contributed by atoms with Crippen molar-refractivity contribution in [3.8, 4) is 0 Å². The van der Waals surface area contributed by atoms with Crippen molar-refractivity contribution >= 4 is 6.03 Å². The van der Waals surface area contributed by atoms with E-state index in [0.717, 1.165) is 6.42 Å². The van der Waals surface area contributed by atoms with E-state index in [9.17, 15) is 4.79 Å². The normalized spacial score (nSPS) is 12.0. The van der Waals surface area contributed by atoms with Gasteiger partial charge in [-0.3, -0.25) is 0 Å². The Balaban J connectivity index is 1.92. The molecule has 4 heteroatoms. The van der Waals surface area contributed by atoms with Crippen molar-refractivity contribution in [2.75, 3.05) is 19.7 Å². The first-order valence-electron chi connectivity index (χ1n) is 8.43. The zero-order chi connectivity index (χ0) is 17.2. The molecule has 0 aromatic heterocycles. The first kappa shape index (κ1) is 18.0. The van der Waals surface area contributed by atoms with Crippen molar-refractivity contribution < 1.29 is 9.90 Å². The topological polar surface area (TPSA) is 61.4 Å². The molecule has 128 valence electrons. The molecule has 1 unspecified atom stereocenters. The standard InChI is InChI=1S/C20H26N2O2/c1-16(15-23)14-22-20(24)21-13-12-19(17-8-4-2-5-9-17)18-10-6-3-7-11-18/h2-11,16,19,23H,12-15H2,1H3,(H2,21,22,24). The van der Waals surface area contributed by atoms with Crippen LogP contribution < -0.4 is 10.6 Å². The fourth-order valence-electron chi connectivity index (χ4n) is 2.62. The first-order chi connectivity index (χ1) is 11.7. The minimum atomic E-state index is -0.185. The molecule has 2 aromatic rings. The Morgan fingerprint density at radius 1 is 0.958 bits per heavy atom. The summed E-state index contributed by atoms with van der Waals surface area (Å²) < 4.78 is 0. The maximum Gasteiger partial charge on any atom is 0.314 e. The van der Waals surface area contributed by atoms with Crippen LogP contribution in [0.3, 0.4) is 0 Å². The number of amides is 2. The Hall–Kier alpha value is -2.33. The number of hydrogen-bond donors (Lipinski definition) is 3. The number of urea groups is 1. The third-order valence-corrected chi connectivity index (χ3v) is 4.05. The van der Waals surface area contributed by atoms with Crippen molar-refractivity contribution in [2.24, 2.45) is 5.92 Å². The van der Waals surface area contributed by atoms with Crippen LogP contribution in [0, 0.1) is 5.92 Å². The van der Waals surface area contributed by atoms with Crippen molar-refractivity contribution in [2.45, 2.75) is 19.3 Å². The summed E-state index contributed by atoms with van der Waals surface area (Å²) in [6, 6.07) is 20.5. The molecule has 0 fully saturated rings. The van der Waals surface area contributed by atoms with E-state index in [1.54, 1.807) is 0 Å². The average Bonchev–Trinajstić information content (AvgIpc) is 2.64. The Labute approximate surface area is 143 Å². The van der Waals surface area contributed by atoms with E-state index in [1.165, 1.54) is 11.1 Å². The molecule has 0 saturated carbocycles. The molecule has 0 heterocycles. The van der Waals surface area contributed by atoms with Crippen LogP contribution in [0.2, 0.25) is 0 Å². The molecule has 0 aliphatic rings. The molecule has 3 N–H and O–H groups in total. The van der Waals surface area contributed by atoms with Gasteiger partial charge in [-0.2, -0.15) is 0 Å². The molecular formula is C20H26N2O2. The number of carbonyl (C=O) groups excluding carboxylic acids is 1. The van der Waals surface area contributed by atoms with E-state index in [1.807, 2.05) is 43.3 Å². The molecule has 2 rings (SSSR count). The van der Waals surface area contributed by atoms with E-state index >= 15 is 0 Å². The summed E-state index contributed by atoms with van der Waals surface area (Å²) in [5.41, 5.74) is 2.50. The van der Waals surface area contributed by atoms with Gasteiger partial charge in [0.2, 0.25) is 0 Å². The second-order valence-electron chi connectivity index (χ2n) is 6.09. The van der Waals surface area contributed by atoms with Gasteiger partial charge in [0.25, 0.3) is 0 Å². The van der Waals surface area contributed by atoms with Gasteiger partial charge in [-0.05, 0) is 23.5 Å². The molecule has 24 heavy (non-hydrogen) atoms. The van der Waals surface area contributed by atoms with E-state index < -0.39 is 0 Å². The molecule has 2 aromatic carbocycles. The van der Waals surface area contributed by atoms with Crippen LogP contribution in [-0.2, 0) is 0 Å². The van der Waals surface area contributed by atoms with Gasteiger partial charge < -0.3 is 15.7 Å². The van der Waals surface area contributed by atoms with Crippen molar-refractivity contribution in [1.29, 1.82) is 0 Å². The molecule has 0 bridgehead atoms. The summed E-state index contributed by atoms with van der Waals surface area (Å²) in [5, 5.41) is 14.7. The molecule has 0 spiro atoms. The molecule has 0 aliphatic carbocycles. The van der Waals surface area contributed by atoms with Gasteiger partial charge in [0.15, 0.2) is 0 Å². The molecule has 0 saturated heterocycles. The van der Waals surface area contributed by atoms with E-state index in [2.05, 4.69) is 34.9 Å². The largest absolute Gasteiger partial charge is 0.396 e. The predicted octanol–water partition coefficient (Wildman–Crippen LogP) is 3.14. The summed E-state index contributed by atoms with van der Waals surface area (Å²) in [6.07, 6.45) is 0.830. The monoisotopic (exact) mass is 326 g/mol. The molecule has 0 aliphatic heterocycles. The summed E-state index contributed by atoms with van der Waals surface area (Å²) in [6.45, 7) is 3.03. The van der Waals surface area contributed by atoms with Crippen LogP contribution in [0.1, 0.15) is 30.4 Å². The lowest BCUT2D eigenvalue weighted by Gasteiger charge is -2.19. The second-order valence-corrected chi connectivity index (χ2v) is 6.09. The minimum absolute atomic E-state index is 0.0668. The van der Waals surface area contributed by atoms with Crippen molar-refractivity contribution in [3.05, 3.63) is 71.8 Å². The second kappa shape index (κ2) is 9.73. The van der Waals surface area contributed by atoms with Crippen LogP contribution in [0.25, 0.3) is 0 Å². The molecule has 2 amide bonds. The summed E-state index contributed by atoms with van der Waals surface area (Å²) in [7, 11) is 0. The van der Waals surface area contributed by atoms with Crippen LogP contribution in [0.15, 0.2) is 60.7 Å². The molecular weight excluding hydrogens is 300 g/mol. The first-order valence-corrected chi connectivity index (χ1v) is 8.43. The Bertz CT molecular complexity index is 562. The maximum absolute atomic E-state index is 11.8. The molecule has 4 nitrogen and oxygen atoms in total. The lowest BCUT2D eigenvalue weighted by Crippen LogP contribution is -2.39. The SMILES string of the molecule is CC(CO)CNC(=O)NCCC(c1ccccc1)c1ccccc1. The maximum atomic E-state index is 11.8. The highest BCUT2D eigenvalue weighted by Crippen LogP contribution is 2.27. The highest BCUT2D eigenvalue weighted by Gasteiger charge is 2.14. The smallest absolute Gasteiger partial charge is 0.314 e. The van der Waals surface area contributed by atoms with Gasteiger partial charge in [0.1, 0.15) is 0 Å². The zero-order valence-corrected chi connectivity index (χ0v) is 14.1. The van der Waals surface area contributed by atoms with Gasteiger partial charge in [-0.25, -0.2) is 4.79 Å². The number of aliphatic hydroxyl groups is 1. The summed E-state index contributed by atoms with van der Waals surface area (Å²) in [4.78, 5) is 11.8. The quantitative estimate of drug-likeness (QED) is 0.698. The summed E-state index contributed by atoms with van der Waals surface area (Å²) >= 11 is 0. The van der Waals surface area contributed by atoms with Gasteiger partial charge in [-0.1, -0.05) is 67.6 Å². The third-order valence-electron chi connectivity index (χ3n) is 4.05. The molecule has 1 atom stereocenters. The van der Waals surface area contributed by atoms with Crippen LogP contribution in [0.4, 0.5) is 4.79 Å². The van der Waals surface area contributed by atoms with E-state index in [0.29, 0.717) is 13.1 Å². The average molecular weight is 326 g/mol. The Morgan fingerprint density at radius 3 is 2.00 bits per heavy atom. The van der Waals surface area contributed by atoms with E-state index in [4.69, 9.17) is 5.11 Å².